The zero-order chi connectivity index (χ0) is 16.9. The molecule has 0 aliphatic carbocycles. The van der Waals surface area contributed by atoms with Gasteiger partial charge in [-0.05, 0) is 29.8 Å². The molecule has 2 aromatic rings. The monoisotopic (exact) mass is 331 g/mol. The van der Waals surface area contributed by atoms with E-state index in [9.17, 15) is 9.59 Å². The Balaban J connectivity index is 1.53. The van der Waals surface area contributed by atoms with Crippen molar-refractivity contribution < 1.29 is 28.2 Å². The highest BCUT2D eigenvalue weighted by atomic mass is 16.6. The molecular formula is C17H17NO6. The van der Waals surface area contributed by atoms with Crippen molar-refractivity contribution in [2.75, 3.05) is 26.9 Å². The molecule has 1 aromatic carbocycles. The summed E-state index contributed by atoms with van der Waals surface area (Å²) < 4.78 is 20.8. The molecule has 1 aliphatic rings. The molecule has 7 nitrogen and oxygen atoms in total. The van der Waals surface area contributed by atoms with E-state index in [-0.39, 0.29) is 18.3 Å². The lowest BCUT2D eigenvalue weighted by molar-refractivity contribution is -0.133. The minimum Gasteiger partial charge on any atom is -0.486 e. The molecule has 7 heteroatoms. The number of carbonyl (C=O) groups is 2. The van der Waals surface area contributed by atoms with Crippen LogP contribution < -0.4 is 9.47 Å². The normalized spacial score (nSPS) is 12.5. The number of esters is 1. The van der Waals surface area contributed by atoms with Crippen LogP contribution in [-0.2, 0) is 16.1 Å². The average Bonchev–Trinajstić information content (AvgIpc) is 3.14. The zero-order valence-electron chi connectivity index (χ0n) is 13.2. The van der Waals surface area contributed by atoms with Crippen molar-refractivity contribution in [3.8, 4) is 11.5 Å². The van der Waals surface area contributed by atoms with Gasteiger partial charge in [-0.15, -0.1) is 0 Å². The second kappa shape index (κ2) is 7.08. The Labute approximate surface area is 138 Å². The van der Waals surface area contributed by atoms with Crippen LogP contribution in [0.5, 0.6) is 11.5 Å². The van der Waals surface area contributed by atoms with Gasteiger partial charge in [0.05, 0.1) is 6.26 Å². The molecule has 3 rings (SSSR count). The summed E-state index contributed by atoms with van der Waals surface area (Å²) in [5, 5.41) is 0. The minimum atomic E-state index is -0.666. The summed E-state index contributed by atoms with van der Waals surface area (Å²) in [5.41, 5.74) is 0.896. The van der Waals surface area contributed by atoms with Gasteiger partial charge < -0.3 is 23.5 Å². The lowest BCUT2D eigenvalue weighted by Gasteiger charge is -2.21. The molecule has 1 aromatic heterocycles. The number of likely N-dealkylation sites (N-methyl/N-ethyl adjacent to an activating group) is 1. The summed E-state index contributed by atoms with van der Waals surface area (Å²) in [6.45, 7) is 1.06. The first kappa shape index (κ1) is 15.9. The second-order valence-electron chi connectivity index (χ2n) is 5.28. The molecule has 0 unspecified atom stereocenters. The fourth-order valence-corrected chi connectivity index (χ4v) is 2.25. The zero-order valence-corrected chi connectivity index (χ0v) is 13.2. The molecule has 0 atom stereocenters. The maximum atomic E-state index is 12.1. The number of amides is 1. The molecule has 0 radical (unpaired) electrons. The molecular weight excluding hydrogens is 314 g/mol. The number of hydrogen-bond donors (Lipinski definition) is 0. The van der Waals surface area contributed by atoms with Crippen LogP contribution in [0.3, 0.4) is 0 Å². The van der Waals surface area contributed by atoms with Gasteiger partial charge in [0.2, 0.25) is 5.76 Å². The van der Waals surface area contributed by atoms with Gasteiger partial charge in [0, 0.05) is 13.6 Å². The first-order valence-corrected chi connectivity index (χ1v) is 7.46. The number of furan rings is 1. The van der Waals surface area contributed by atoms with Crippen LogP contribution in [-0.4, -0.2) is 43.6 Å². The summed E-state index contributed by atoms with van der Waals surface area (Å²) in [7, 11) is 1.64. The molecule has 0 fully saturated rings. The van der Waals surface area contributed by atoms with Crippen LogP contribution in [0.15, 0.2) is 41.0 Å². The number of fused-ring (bicyclic) bond motifs is 1. The van der Waals surface area contributed by atoms with Crippen LogP contribution in [0, 0.1) is 0 Å². The van der Waals surface area contributed by atoms with Crippen molar-refractivity contribution in [2.24, 2.45) is 0 Å². The Morgan fingerprint density at radius 3 is 2.71 bits per heavy atom. The quantitative estimate of drug-likeness (QED) is 0.778. The van der Waals surface area contributed by atoms with E-state index in [1.807, 2.05) is 18.2 Å². The van der Waals surface area contributed by atoms with Gasteiger partial charge in [0.1, 0.15) is 13.2 Å². The van der Waals surface area contributed by atoms with E-state index in [1.165, 1.54) is 17.2 Å². The van der Waals surface area contributed by atoms with Crippen molar-refractivity contribution in [1.82, 2.24) is 4.90 Å². The van der Waals surface area contributed by atoms with E-state index < -0.39 is 5.97 Å². The number of carbonyl (C=O) groups excluding carboxylic acids is 2. The SMILES string of the molecule is CN(Cc1ccc2c(c1)OCCO2)C(=O)COC(=O)c1ccco1. The summed E-state index contributed by atoms with van der Waals surface area (Å²) in [4.78, 5) is 25.2. The Morgan fingerprint density at radius 2 is 1.96 bits per heavy atom. The molecule has 24 heavy (non-hydrogen) atoms. The highest BCUT2D eigenvalue weighted by Crippen LogP contribution is 2.31. The summed E-state index contributed by atoms with van der Waals surface area (Å²) in [6, 6.07) is 8.58. The fraction of sp³-hybridized carbons (Fsp3) is 0.294. The highest BCUT2D eigenvalue weighted by molar-refractivity contribution is 5.88. The topological polar surface area (TPSA) is 78.2 Å². The lowest BCUT2D eigenvalue weighted by Crippen LogP contribution is -2.30. The van der Waals surface area contributed by atoms with Crippen LogP contribution in [0.2, 0.25) is 0 Å². The van der Waals surface area contributed by atoms with Crippen LogP contribution >= 0.6 is 0 Å². The van der Waals surface area contributed by atoms with Crippen LogP contribution in [0.4, 0.5) is 0 Å². The van der Waals surface area contributed by atoms with Crippen molar-refractivity contribution >= 4 is 11.9 Å². The predicted octanol–water partition coefficient (Wildman–Crippen LogP) is 1.87. The molecule has 0 saturated carbocycles. The van der Waals surface area contributed by atoms with Gasteiger partial charge in [0.15, 0.2) is 18.1 Å². The van der Waals surface area contributed by atoms with E-state index in [1.54, 1.807) is 13.1 Å². The fourth-order valence-electron chi connectivity index (χ4n) is 2.25. The number of nitrogens with zero attached hydrogens (tertiary/aromatic N) is 1. The average molecular weight is 331 g/mol. The lowest BCUT2D eigenvalue weighted by atomic mass is 10.2. The number of ether oxygens (including phenoxy) is 3. The number of rotatable bonds is 5. The Kier molecular flexibility index (Phi) is 4.69. The maximum absolute atomic E-state index is 12.1. The first-order chi connectivity index (χ1) is 11.6. The minimum absolute atomic E-state index is 0.0669. The largest absolute Gasteiger partial charge is 0.486 e. The molecule has 2 heterocycles. The standard InChI is InChI=1S/C17H17NO6/c1-18(16(19)11-24-17(20)14-3-2-6-21-14)10-12-4-5-13-15(9-12)23-8-7-22-13/h2-6,9H,7-8,10-11H2,1H3. The van der Waals surface area contributed by atoms with Gasteiger partial charge in [-0.1, -0.05) is 6.07 Å². The van der Waals surface area contributed by atoms with Crippen molar-refractivity contribution in [2.45, 2.75) is 6.54 Å². The van der Waals surface area contributed by atoms with Gasteiger partial charge in [-0.3, -0.25) is 4.79 Å². The van der Waals surface area contributed by atoms with E-state index in [4.69, 9.17) is 18.6 Å². The number of benzene rings is 1. The molecule has 1 aliphatic heterocycles. The third kappa shape index (κ3) is 3.68. The maximum Gasteiger partial charge on any atom is 0.374 e. The predicted molar refractivity (Wildman–Crippen MR) is 82.9 cm³/mol. The third-order valence-corrected chi connectivity index (χ3v) is 3.50. The number of hydrogen-bond acceptors (Lipinski definition) is 6. The van der Waals surface area contributed by atoms with Gasteiger partial charge >= 0.3 is 5.97 Å². The summed E-state index contributed by atoms with van der Waals surface area (Å²) >= 11 is 0. The van der Waals surface area contributed by atoms with Gasteiger partial charge in [-0.25, -0.2) is 4.79 Å². The van der Waals surface area contributed by atoms with E-state index in [0.29, 0.717) is 31.3 Å². The molecule has 126 valence electrons. The van der Waals surface area contributed by atoms with E-state index in [0.717, 1.165) is 5.56 Å². The highest BCUT2D eigenvalue weighted by Gasteiger charge is 2.17. The van der Waals surface area contributed by atoms with Crippen LogP contribution in [0.25, 0.3) is 0 Å². The van der Waals surface area contributed by atoms with Gasteiger partial charge in [0.25, 0.3) is 5.91 Å². The third-order valence-electron chi connectivity index (χ3n) is 3.50. The first-order valence-electron chi connectivity index (χ1n) is 7.46. The Hall–Kier alpha value is -2.96. The van der Waals surface area contributed by atoms with Crippen molar-refractivity contribution in [1.29, 1.82) is 0 Å². The molecule has 0 spiro atoms. The second-order valence-corrected chi connectivity index (χ2v) is 5.28. The Bertz CT molecular complexity index is 725. The Morgan fingerprint density at radius 1 is 1.17 bits per heavy atom. The van der Waals surface area contributed by atoms with Gasteiger partial charge in [-0.2, -0.15) is 0 Å². The van der Waals surface area contributed by atoms with Crippen molar-refractivity contribution in [3.63, 3.8) is 0 Å². The van der Waals surface area contributed by atoms with Crippen LogP contribution in [0.1, 0.15) is 16.1 Å². The smallest absolute Gasteiger partial charge is 0.374 e. The van der Waals surface area contributed by atoms with E-state index >= 15 is 0 Å². The molecule has 0 N–H and O–H groups in total. The molecule has 0 bridgehead atoms. The van der Waals surface area contributed by atoms with E-state index in [2.05, 4.69) is 0 Å². The molecule has 1 amide bonds. The summed E-state index contributed by atoms with van der Waals surface area (Å²) in [6.07, 6.45) is 1.37. The molecule has 0 saturated heterocycles. The summed E-state index contributed by atoms with van der Waals surface area (Å²) in [5.74, 6) is 0.457. The van der Waals surface area contributed by atoms with Crippen molar-refractivity contribution in [3.05, 3.63) is 47.9 Å².